The highest BCUT2D eigenvalue weighted by Gasteiger charge is 2.09. The summed E-state index contributed by atoms with van der Waals surface area (Å²) >= 11 is 1.53. The van der Waals surface area contributed by atoms with Crippen molar-refractivity contribution in [1.29, 1.82) is 5.26 Å². The quantitative estimate of drug-likeness (QED) is 0.587. The van der Waals surface area contributed by atoms with Crippen LogP contribution < -0.4 is 5.32 Å². The van der Waals surface area contributed by atoms with E-state index in [1.165, 1.54) is 11.3 Å². The number of benzene rings is 2. The maximum Gasteiger partial charge on any atom is 0.255 e. The number of fused-ring (bicyclic) bond motifs is 1. The summed E-state index contributed by atoms with van der Waals surface area (Å²) in [5.74, 6) is -0.251. The van der Waals surface area contributed by atoms with E-state index < -0.39 is 0 Å². The molecule has 0 aliphatic carbocycles. The van der Waals surface area contributed by atoms with Gasteiger partial charge in [0.15, 0.2) is 0 Å². The SMILES string of the molecule is N#Cc1cccc(C(=O)Nc2ccc(-c3nc4cccnc4s3)cc2)c1. The minimum absolute atomic E-state index is 0.251. The molecule has 0 radical (unpaired) electrons. The molecule has 0 saturated heterocycles. The van der Waals surface area contributed by atoms with E-state index in [1.54, 1.807) is 30.5 Å². The van der Waals surface area contributed by atoms with Crippen molar-refractivity contribution in [3.8, 4) is 16.6 Å². The highest BCUT2D eigenvalue weighted by Crippen LogP contribution is 2.29. The van der Waals surface area contributed by atoms with Crippen LogP contribution in [0, 0.1) is 11.3 Å². The Kier molecular flexibility index (Phi) is 4.14. The number of nitrogens with zero attached hydrogens (tertiary/aromatic N) is 3. The van der Waals surface area contributed by atoms with Crippen molar-refractivity contribution in [2.75, 3.05) is 5.32 Å². The van der Waals surface area contributed by atoms with Gasteiger partial charge in [-0.2, -0.15) is 5.26 Å². The van der Waals surface area contributed by atoms with E-state index in [0.717, 1.165) is 20.9 Å². The van der Waals surface area contributed by atoms with E-state index in [-0.39, 0.29) is 5.91 Å². The summed E-state index contributed by atoms with van der Waals surface area (Å²) in [7, 11) is 0. The second-order valence-electron chi connectivity index (χ2n) is 5.57. The van der Waals surface area contributed by atoms with Gasteiger partial charge in [0, 0.05) is 23.0 Å². The molecule has 5 nitrogen and oxygen atoms in total. The highest BCUT2D eigenvalue weighted by atomic mass is 32.1. The lowest BCUT2D eigenvalue weighted by atomic mass is 10.1. The van der Waals surface area contributed by atoms with Gasteiger partial charge in [0.05, 0.1) is 11.6 Å². The van der Waals surface area contributed by atoms with Crippen LogP contribution in [-0.2, 0) is 0 Å². The number of carbonyl (C=O) groups is 1. The molecule has 4 rings (SSSR count). The number of amides is 1. The van der Waals surface area contributed by atoms with Crippen LogP contribution in [0.5, 0.6) is 0 Å². The van der Waals surface area contributed by atoms with Gasteiger partial charge in [0.25, 0.3) is 5.91 Å². The van der Waals surface area contributed by atoms with E-state index in [1.807, 2.05) is 42.5 Å². The molecule has 0 aliphatic heterocycles. The van der Waals surface area contributed by atoms with Crippen molar-refractivity contribution in [3.63, 3.8) is 0 Å². The van der Waals surface area contributed by atoms with Gasteiger partial charge in [-0.05, 0) is 54.6 Å². The lowest BCUT2D eigenvalue weighted by Crippen LogP contribution is -2.11. The molecule has 6 heteroatoms. The monoisotopic (exact) mass is 356 g/mol. The van der Waals surface area contributed by atoms with E-state index in [2.05, 4.69) is 15.3 Å². The lowest BCUT2D eigenvalue weighted by Gasteiger charge is -2.06. The van der Waals surface area contributed by atoms with E-state index in [9.17, 15) is 4.79 Å². The molecule has 1 N–H and O–H groups in total. The summed E-state index contributed by atoms with van der Waals surface area (Å²) in [6.45, 7) is 0. The third kappa shape index (κ3) is 3.16. The fourth-order valence-electron chi connectivity index (χ4n) is 2.52. The zero-order chi connectivity index (χ0) is 17.9. The molecule has 26 heavy (non-hydrogen) atoms. The molecule has 4 aromatic rings. The number of hydrogen-bond acceptors (Lipinski definition) is 5. The Hall–Kier alpha value is -3.56. The first-order valence-corrected chi connectivity index (χ1v) is 8.68. The number of anilines is 1. The summed E-state index contributed by atoms with van der Waals surface area (Å²) < 4.78 is 0. The molecule has 2 heterocycles. The molecular formula is C20H12N4OS. The van der Waals surface area contributed by atoms with Crippen LogP contribution >= 0.6 is 11.3 Å². The smallest absolute Gasteiger partial charge is 0.255 e. The van der Waals surface area contributed by atoms with Crippen LogP contribution in [0.15, 0.2) is 66.9 Å². The number of aromatic nitrogens is 2. The summed E-state index contributed by atoms with van der Waals surface area (Å²) in [4.78, 5) is 22.1. The van der Waals surface area contributed by atoms with E-state index >= 15 is 0 Å². The molecular weight excluding hydrogens is 344 g/mol. The maximum absolute atomic E-state index is 12.3. The van der Waals surface area contributed by atoms with E-state index in [0.29, 0.717) is 16.8 Å². The molecule has 0 unspecified atom stereocenters. The van der Waals surface area contributed by atoms with Crippen LogP contribution in [0.3, 0.4) is 0 Å². The Labute approximate surface area is 153 Å². The van der Waals surface area contributed by atoms with Crippen molar-refractivity contribution in [3.05, 3.63) is 78.0 Å². The summed E-state index contributed by atoms with van der Waals surface area (Å²) in [6.07, 6.45) is 1.75. The van der Waals surface area contributed by atoms with Gasteiger partial charge in [-0.15, -0.1) is 0 Å². The predicted octanol–water partition coefficient (Wildman–Crippen LogP) is 4.48. The summed E-state index contributed by atoms with van der Waals surface area (Å²) in [5.41, 5.74) is 3.43. The van der Waals surface area contributed by atoms with Crippen molar-refractivity contribution in [2.45, 2.75) is 0 Å². The zero-order valence-electron chi connectivity index (χ0n) is 13.5. The fraction of sp³-hybridized carbons (Fsp3) is 0. The van der Waals surface area contributed by atoms with Gasteiger partial charge in [-0.25, -0.2) is 9.97 Å². The minimum Gasteiger partial charge on any atom is -0.322 e. The molecule has 1 amide bonds. The molecule has 0 bridgehead atoms. The Morgan fingerprint density at radius 2 is 1.92 bits per heavy atom. The molecule has 0 saturated carbocycles. The third-order valence-electron chi connectivity index (χ3n) is 3.81. The average Bonchev–Trinajstić information content (AvgIpc) is 3.13. The standard InChI is InChI=1S/C20H12N4OS/c21-12-13-3-1-4-15(11-13)18(25)23-16-8-6-14(7-9-16)19-24-17-5-2-10-22-20(17)26-19/h1-11H,(H,23,25). The number of carbonyl (C=O) groups excluding carboxylic acids is 1. The van der Waals surface area contributed by atoms with Crippen LogP contribution in [0.25, 0.3) is 20.9 Å². The Balaban J connectivity index is 1.54. The molecule has 2 aromatic carbocycles. The lowest BCUT2D eigenvalue weighted by molar-refractivity contribution is 0.102. The maximum atomic E-state index is 12.3. The molecule has 0 fully saturated rings. The summed E-state index contributed by atoms with van der Waals surface area (Å²) in [5, 5.41) is 12.7. The topological polar surface area (TPSA) is 78.7 Å². The molecule has 2 aromatic heterocycles. The average molecular weight is 356 g/mol. The third-order valence-corrected chi connectivity index (χ3v) is 4.84. The van der Waals surface area contributed by atoms with Gasteiger partial charge >= 0.3 is 0 Å². The molecule has 0 spiro atoms. The van der Waals surface area contributed by atoms with Crippen molar-refractivity contribution < 1.29 is 4.79 Å². The fourth-order valence-corrected chi connectivity index (χ4v) is 3.44. The largest absolute Gasteiger partial charge is 0.322 e. The zero-order valence-corrected chi connectivity index (χ0v) is 14.3. The number of thiazole rings is 1. The summed E-state index contributed by atoms with van der Waals surface area (Å²) in [6, 6.07) is 19.9. The van der Waals surface area contributed by atoms with Crippen molar-refractivity contribution in [2.24, 2.45) is 0 Å². The highest BCUT2D eigenvalue weighted by molar-refractivity contribution is 7.21. The number of nitrogens with one attached hydrogen (secondary N) is 1. The van der Waals surface area contributed by atoms with Crippen molar-refractivity contribution in [1.82, 2.24) is 9.97 Å². The van der Waals surface area contributed by atoms with Crippen LogP contribution in [0.2, 0.25) is 0 Å². The second-order valence-corrected chi connectivity index (χ2v) is 6.55. The second kappa shape index (κ2) is 6.75. The molecule has 0 aliphatic rings. The number of pyridine rings is 1. The van der Waals surface area contributed by atoms with Gasteiger partial charge in [0.2, 0.25) is 0 Å². The molecule has 0 atom stereocenters. The van der Waals surface area contributed by atoms with E-state index in [4.69, 9.17) is 5.26 Å². The predicted molar refractivity (Wildman–Crippen MR) is 102 cm³/mol. The van der Waals surface area contributed by atoms with Gasteiger partial charge in [-0.3, -0.25) is 4.79 Å². The minimum atomic E-state index is -0.251. The van der Waals surface area contributed by atoms with Crippen LogP contribution in [-0.4, -0.2) is 15.9 Å². The Morgan fingerprint density at radius 3 is 2.69 bits per heavy atom. The van der Waals surface area contributed by atoms with Crippen LogP contribution in [0.4, 0.5) is 5.69 Å². The number of hydrogen-bond donors (Lipinski definition) is 1. The van der Waals surface area contributed by atoms with Gasteiger partial charge < -0.3 is 5.32 Å². The Morgan fingerprint density at radius 1 is 1.08 bits per heavy atom. The first-order chi connectivity index (χ1) is 12.7. The first-order valence-electron chi connectivity index (χ1n) is 7.86. The van der Waals surface area contributed by atoms with Gasteiger partial charge in [0.1, 0.15) is 15.4 Å². The van der Waals surface area contributed by atoms with Crippen LogP contribution in [0.1, 0.15) is 15.9 Å². The molecule has 124 valence electrons. The first kappa shape index (κ1) is 15.9. The van der Waals surface area contributed by atoms with Crippen molar-refractivity contribution >= 4 is 33.3 Å². The normalized spacial score (nSPS) is 10.4. The number of rotatable bonds is 3. The van der Waals surface area contributed by atoms with Gasteiger partial charge in [-0.1, -0.05) is 17.4 Å². The Bertz CT molecular complexity index is 1110. The number of nitriles is 1.